The van der Waals surface area contributed by atoms with Gasteiger partial charge in [-0.15, -0.1) is 0 Å². The van der Waals surface area contributed by atoms with E-state index in [9.17, 15) is 24.3 Å². The minimum absolute atomic E-state index is 0.0222. The summed E-state index contributed by atoms with van der Waals surface area (Å²) in [5.41, 5.74) is 1.03. The number of benzene rings is 1. The quantitative estimate of drug-likeness (QED) is 0.183. The number of phenols is 1. The van der Waals surface area contributed by atoms with Crippen LogP contribution in [-0.2, 0) is 30.3 Å². The molecule has 50 heavy (non-hydrogen) atoms. The highest BCUT2D eigenvalue weighted by molar-refractivity contribution is 7.99. The highest BCUT2D eigenvalue weighted by atomic mass is 32.2. The van der Waals surface area contributed by atoms with Crippen LogP contribution in [0.3, 0.4) is 0 Å². The highest BCUT2D eigenvalue weighted by Gasteiger charge is 2.41. The Hall–Kier alpha value is -2.83. The summed E-state index contributed by atoms with van der Waals surface area (Å²) in [4.78, 5) is 60.0. The summed E-state index contributed by atoms with van der Waals surface area (Å²) in [5.74, 6) is -0.327. The zero-order valence-corrected chi connectivity index (χ0v) is 33.2. The van der Waals surface area contributed by atoms with Crippen LogP contribution in [0.1, 0.15) is 79.2 Å². The molecule has 0 saturated carbocycles. The molecule has 1 heterocycles. The fourth-order valence-electron chi connectivity index (χ4n) is 7.25. The molecule has 7 unspecified atom stereocenters. The Morgan fingerprint density at radius 2 is 1.66 bits per heavy atom. The Labute approximate surface area is 305 Å². The van der Waals surface area contributed by atoms with Crippen molar-refractivity contribution < 1.29 is 29.0 Å². The molecule has 11 nitrogen and oxygen atoms in total. The lowest BCUT2D eigenvalue weighted by atomic mass is 9.89. The van der Waals surface area contributed by atoms with Crippen molar-refractivity contribution in [3.8, 4) is 5.75 Å². The van der Waals surface area contributed by atoms with E-state index in [2.05, 4.69) is 24.5 Å². The first kappa shape index (κ1) is 43.3. The number of likely N-dealkylation sites (tertiary alicyclic amines) is 1. The van der Waals surface area contributed by atoms with Crippen LogP contribution in [0.4, 0.5) is 0 Å². The van der Waals surface area contributed by atoms with Gasteiger partial charge in [-0.2, -0.15) is 11.8 Å². The van der Waals surface area contributed by atoms with Crippen LogP contribution in [-0.4, -0.2) is 127 Å². The van der Waals surface area contributed by atoms with Crippen LogP contribution in [0.25, 0.3) is 0 Å². The third-order valence-electron chi connectivity index (χ3n) is 10.2. The van der Waals surface area contributed by atoms with E-state index in [0.29, 0.717) is 25.9 Å². The average Bonchev–Trinajstić information content (AvgIpc) is 3.55. The van der Waals surface area contributed by atoms with Gasteiger partial charge < -0.3 is 30.3 Å². The van der Waals surface area contributed by atoms with Crippen molar-refractivity contribution in [3.63, 3.8) is 0 Å². The van der Waals surface area contributed by atoms with E-state index < -0.39 is 18.2 Å². The minimum Gasteiger partial charge on any atom is -0.508 e. The Morgan fingerprint density at radius 3 is 2.18 bits per heavy atom. The molecule has 12 heteroatoms. The van der Waals surface area contributed by atoms with Gasteiger partial charge in [0, 0.05) is 45.0 Å². The predicted octanol–water partition coefficient (Wildman–Crippen LogP) is 4.17. The van der Waals surface area contributed by atoms with E-state index in [1.54, 1.807) is 43.0 Å². The predicted molar refractivity (Wildman–Crippen MR) is 202 cm³/mol. The summed E-state index contributed by atoms with van der Waals surface area (Å²) >= 11 is 1.61. The number of carbonyl (C=O) groups excluding carboxylic acids is 4. The van der Waals surface area contributed by atoms with Crippen molar-refractivity contribution in [2.45, 2.75) is 116 Å². The molecule has 1 aromatic rings. The van der Waals surface area contributed by atoms with E-state index in [4.69, 9.17) is 4.74 Å². The zero-order chi connectivity index (χ0) is 37.7. The third kappa shape index (κ3) is 12.1. The van der Waals surface area contributed by atoms with Gasteiger partial charge >= 0.3 is 0 Å². The maximum atomic E-state index is 14.2. The Morgan fingerprint density at radius 1 is 1.02 bits per heavy atom. The van der Waals surface area contributed by atoms with Gasteiger partial charge in [-0.05, 0) is 75.1 Å². The number of aromatic hydroxyl groups is 1. The monoisotopic (exact) mass is 719 g/mol. The maximum absolute atomic E-state index is 14.2. The first-order valence-corrected chi connectivity index (χ1v) is 19.5. The molecule has 1 fully saturated rings. The fraction of sp³-hybridized carbons (Fsp3) is 0.737. The number of hydrogen-bond donors (Lipinski definition) is 3. The van der Waals surface area contributed by atoms with Gasteiger partial charge in [-0.3, -0.25) is 24.1 Å². The number of phenolic OH excluding ortho intramolecular Hbond substituents is 1. The standard InChI is InChI=1S/C38H65N5O6S/c1-12-26(6)36(42(9)38(48)34(24(2)3)40-37(47)35(25(4)5)41(7)8)30(49-10)22-33(46)43-21-13-14-29(43)31(50-11)23-32(45)39-20-19-27-15-17-28(44)18-16-27/h15-18,24-26,29-31,34-36,44H,12-14,19-23H2,1-11H3,(H,39,45)(H,40,47). The molecule has 0 spiro atoms. The summed E-state index contributed by atoms with van der Waals surface area (Å²) in [6.07, 6.45) is 4.96. The molecule has 1 aliphatic heterocycles. The van der Waals surface area contributed by atoms with Gasteiger partial charge in [0.05, 0.1) is 24.6 Å². The summed E-state index contributed by atoms with van der Waals surface area (Å²) in [5, 5.41) is 15.5. The highest BCUT2D eigenvalue weighted by Crippen LogP contribution is 2.31. The molecule has 0 radical (unpaired) electrons. The van der Waals surface area contributed by atoms with Crippen LogP contribution in [0, 0.1) is 17.8 Å². The topological polar surface area (TPSA) is 132 Å². The normalized spacial score (nSPS) is 18.4. The largest absolute Gasteiger partial charge is 0.508 e. The molecule has 1 saturated heterocycles. The van der Waals surface area contributed by atoms with Crippen molar-refractivity contribution in [2.75, 3.05) is 47.6 Å². The second kappa shape index (κ2) is 20.9. The molecule has 2 rings (SSSR count). The molecule has 1 aliphatic rings. The number of nitrogens with zero attached hydrogens (tertiary/aromatic N) is 3. The Balaban J connectivity index is 2.16. The second-order valence-corrected chi connectivity index (χ2v) is 15.8. The van der Waals surface area contributed by atoms with Crippen LogP contribution < -0.4 is 10.6 Å². The minimum atomic E-state index is -0.731. The number of nitrogens with one attached hydrogen (secondary N) is 2. The third-order valence-corrected chi connectivity index (χ3v) is 11.3. The number of hydrogen-bond acceptors (Lipinski definition) is 8. The zero-order valence-electron chi connectivity index (χ0n) is 32.4. The summed E-state index contributed by atoms with van der Waals surface area (Å²) in [6, 6.07) is 5.38. The lowest BCUT2D eigenvalue weighted by molar-refractivity contribution is -0.146. The van der Waals surface area contributed by atoms with Gasteiger partial charge in [0.1, 0.15) is 11.8 Å². The molecule has 0 aliphatic carbocycles. The summed E-state index contributed by atoms with van der Waals surface area (Å²) in [7, 11) is 7.08. The smallest absolute Gasteiger partial charge is 0.245 e. The molecule has 4 amide bonds. The number of amides is 4. The van der Waals surface area contributed by atoms with E-state index >= 15 is 0 Å². The van der Waals surface area contributed by atoms with E-state index in [-0.39, 0.29) is 70.9 Å². The Kier molecular flexibility index (Phi) is 18.1. The lowest BCUT2D eigenvalue weighted by Crippen LogP contribution is -2.59. The first-order valence-electron chi connectivity index (χ1n) is 18.2. The molecule has 1 aromatic carbocycles. The lowest BCUT2D eigenvalue weighted by Gasteiger charge is -2.41. The molecule has 7 atom stereocenters. The fourth-order valence-corrected chi connectivity index (χ4v) is 8.17. The van der Waals surface area contributed by atoms with Crippen LogP contribution in [0.2, 0.25) is 0 Å². The van der Waals surface area contributed by atoms with Gasteiger partial charge in [-0.25, -0.2) is 0 Å². The number of carbonyl (C=O) groups is 4. The van der Waals surface area contributed by atoms with E-state index in [1.165, 1.54) is 0 Å². The van der Waals surface area contributed by atoms with Gasteiger partial charge in [0.2, 0.25) is 23.6 Å². The molecular formula is C38H65N5O6S. The van der Waals surface area contributed by atoms with Crippen LogP contribution in [0.15, 0.2) is 24.3 Å². The molecular weight excluding hydrogens is 655 g/mol. The number of likely N-dealkylation sites (N-methyl/N-ethyl adjacent to an activating group) is 2. The maximum Gasteiger partial charge on any atom is 0.245 e. The van der Waals surface area contributed by atoms with Gasteiger partial charge in [0.15, 0.2) is 0 Å². The molecule has 3 N–H and O–H groups in total. The van der Waals surface area contributed by atoms with E-state index in [1.807, 2.05) is 70.0 Å². The summed E-state index contributed by atoms with van der Waals surface area (Å²) < 4.78 is 6.01. The van der Waals surface area contributed by atoms with Crippen molar-refractivity contribution >= 4 is 35.4 Å². The van der Waals surface area contributed by atoms with Crippen LogP contribution >= 0.6 is 11.8 Å². The molecule has 284 valence electrons. The second-order valence-electron chi connectivity index (χ2n) is 14.7. The number of rotatable bonds is 20. The number of ether oxygens (including phenoxy) is 1. The molecule has 0 aromatic heterocycles. The SMILES string of the molecule is CCC(C)C(C(CC(=O)N1CCCC1C(CC(=O)NCCc1ccc(O)cc1)SC)OC)N(C)C(=O)C(NC(=O)C(C(C)C)N(C)C)C(C)C. The average molecular weight is 720 g/mol. The van der Waals surface area contributed by atoms with Crippen LogP contribution in [0.5, 0.6) is 5.75 Å². The number of thioether (sulfide) groups is 1. The number of methoxy groups -OCH3 is 1. The van der Waals surface area contributed by atoms with Crippen molar-refractivity contribution in [2.24, 2.45) is 17.8 Å². The van der Waals surface area contributed by atoms with E-state index in [0.717, 1.165) is 24.8 Å². The van der Waals surface area contributed by atoms with Crippen molar-refractivity contribution in [1.82, 2.24) is 25.3 Å². The first-order chi connectivity index (χ1) is 23.6. The summed E-state index contributed by atoms with van der Waals surface area (Å²) in [6.45, 7) is 13.1. The molecule has 0 bridgehead atoms. The van der Waals surface area contributed by atoms with Crippen molar-refractivity contribution in [3.05, 3.63) is 29.8 Å². The van der Waals surface area contributed by atoms with Gasteiger partial charge in [0.25, 0.3) is 0 Å². The van der Waals surface area contributed by atoms with Gasteiger partial charge in [-0.1, -0.05) is 60.1 Å². The Bertz CT molecular complexity index is 1220. The van der Waals surface area contributed by atoms with Crippen molar-refractivity contribution in [1.29, 1.82) is 0 Å².